The number of carbonyl (C=O) groups is 1. The zero-order valence-corrected chi connectivity index (χ0v) is 15.4. The van der Waals surface area contributed by atoms with Gasteiger partial charge >= 0.3 is 5.97 Å². The fourth-order valence-corrected chi connectivity index (χ4v) is 2.96. The number of methoxy groups -OCH3 is 1. The van der Waals surface area contributed by atoms with Gasteiger partial charge in [-0.25, -0.2) is 9.68 Å². The monoisotopic (exact) mass is 372 g/mol. The lowest BCUT2D eigenvalue weighted by Crippen LogP contribution is -2.17. The van der Waals surface area contributed by atoms with Crippen molar-refractivity contribution in [1.29, 1.82) is 0 Å². The van der Waals surface area contributed by atoms with E-state index in [2.05, 4.69) is 11.5 Å². The zero-order chi connectivity index (χ0) is 20.0. The van der Waals surface area contributed by atoms with Crippen molar-refractivity contribution in [2.75, 3.05) is 7.11 Å². The van der Waals surface area contributed by atoms with Gasteiger partial charge in [-0.3, -0.25) is 5.26 Å². The van der Waals surface area contributed by atoms with Crippen LogP contribution in [0.15, 0.2) is 48.6 Å². The van der Waals surface area contributed by atoms with Crippen LogP contribution in [0.2, 0.25) is 0 Å². The van der Waals surface area contributed by atoms with Gasteiger partial charge in [0.1, 0.15) is 23.2 Å². The molecule has 2 rings (SSSR count). The van der Waals surface area contributed by atoms with Gasteiger partial charge in [0.15, 0.2) is 0 Å². The first kappa shape index (κ1) is 20.5. The van der Waals surface area contributed by atoms with E-state index in [0.717, 1.165) is 5.56 Å². The van der Waals surface area contributed by atoms with Crippen LogP contribution in [0.5, 0.6) is 11.5 Å². The summed E-state index contributed by atoms with van der Waals surface area (Å²) in [6.45, 7) is 5.39. The molecule has 0 fully saturated rings. The van der Waals surface area contributed by atoms with E-state index in [1.165, 1.54) is 7.11 Å². The number of ether oxygens (including phenoxy) is 1. The molecule has 144 valence electrons. The summed E-state index contributed by atoms with van der Waals surface area (Å²) in [5.74, 6) is -1.27. The molecule has 0 spiro atoms. The van der Waals surface area contributed by atoms with E-state index in [4.69, 9.17) is 9.99 Å². The molecule has 2 aromatic carbocycles. The summed E-state index contributed by atoms with van der Waals surface area (Å²) in [6, 6.07) is 11.3. The molecule has 0 amide bonds. The fraction of sp³-hybridized carbons (Fsp3) is 0.286. The number of aromatic carboxylic acids is 1. The summed E-state index contributed by atoms with van der Waals surface area (Å²) in [7, 11) is 1.44. The van der Waals surface area contributed by atoms with Crippen molar-refractivity contribution in [3.8, 4) is 11.5 Å². The highest BCUT2D eigenvalue weighted by molar-refractivity contribution is 5.93. The molecule has 6 heteroatoms. The van der Waals surface area contributed by atoms with Crippen LogP contribution < -0.4 is 4.74 Å². The molecular formula is C21H24O6. The average Bonchev–Trinajstić information content (AvgIpc) is 2.65. The minimum Gasteiger partial charge on any atom is -0.507 e. The second kappa shape index (κ2) is 9.21. The molecule has 0 aromatic heterocycles. The van der Waals surface area contributed by atoms with E-state index in [1.54, 1.807) is 13.0 Å². The Morgan fingerprint density at radius 3 is 2.41 bits per heavy atom. The van der Waals surface area contributed by atoms with Gasteiger partial charge in [-0.15, -0.1) is 0 Å². The molecule has 1 atom stereocenters. The van der Waals surface area contributed by atoms with E-state index >= 15 is 0 Å². The summed E-state index contributed by atoms with van der Waals surface area (Å²) >= 11 is 0. The molecule has 0 aliphatic carbocycles. The molecule has 6 nitrogen and oxygen atoms in total. The van der Waals surface area contributed by atoms with Crippen LogP contribution in [0.1, 0.15) is 34.0 Å². The zero-order valence-electron chi connectivity index (χ0n) is 15.4. The SMILES string of the molecule is C=C(C)C(Cc1c(OC)cc(CCc2ccccc2)c(C(=O)O)c1O)OO. The van der Waals surface area contributed by atoms with Crippen molar-refractivity contribution in [3.63, 3.8) is 0 Å². The topological polar surface area (TPSA) is 96.2 Å². The van der Waals surface area contributed by atoms with Crippen LogP contribution in [0.4, 0.5) is 0 Å². The van der Waals surface area contributed by atoms with Crippen molar-refractivity contribution < 1.29 is 29.9 Å². The first-order chi connectivity index (χ1) is 12.9. The third-order valence-electron chi connectivity index (χ3n) is 4.47. The quantitative estimate of drug-likeness (QED) is 0.351. The Balaban J connectivity index is 2.44. The normalized spacial score (nSPS) is 11.8. The number of aromatic hydroxyl groups is 1. The van der Waals surface area contributed by atoms with Crippen LogP contribution in [-0.4, -0.2) is 34.7 Å². The Hall–Kier alpha value is -2.83. The number of carboxylic acid groups (broad SMARTS) is 1. The minimum atomic E-state index is -1.23. The predicted molar refractivity (Wildman–Crippen MR) is 101 cm³/mol. The van der Waals surface area contributed by atoms with Crippen LogP contribution in [0, 0.1) is 0 Å². The van der Waals surface area contributed by atoms with E-state index < -0.39 is 12.1 Å². The van der Waals surface area contributed by atoms with E-state index in [0.29, 0.717) is 29.7 Å². The van der Waals surface area contributed by atoms with Crippen LogP contribution in [0.3, 0.4) is 0 Å². The fourth-order valence-electron chi connectivity index (χ4n) is 2.96. The van der Waals surface area contributed by atoms with E-state index in [9.17, 15) is 15.0 Å². The van der Waals surface area contributed by atoms with Crippen LogP contribution in [0.25, 0.3) is 0 Å². The number of benzene rings is 2. The molecule has 0 aliphatic heterocycles. The van der Waals surface area contributed by atoms with Gasteiger partial charge in [-0.2, -0.15) is 0 Å². The second-order valence-electron chi connectivity index (χ2n) is 6.38. The number of carboxylic acids is 1. The van der Waals surface area contributed by atoms with Crippen molar-refractivity contribution >= 4 is 5.97 Å². The number of hydrogen-bond acceptors (Lipinski definition) is 5. The van der Waals surface area contributed by atoms with Gasteiger partial charge in [0.05, 0.1) is 7.11 Å². The largest absolute Gasteiger partial charge is 0.507 e. The molecule has 0 radical (unpaired) electrons. The molecular weight excluding hydrogens is 348 g/mol. The molecule has 1 unspecified atom stereocenters. The lowest BCUT2D eigenvalue weighted by Gasteiger charge is -2.19. The van der Waals surface area contributed by atoms with Crippen molar-refractivity contribution in [3.05, 3.63) is 70.8 Å². The van der Waals surface area contributed by atoms with E-state index in [-0.39, 0.29) is 23.3 Å². The number of aryl methyl sites for hydroxylation is 2. The number of rotatable bonds is 9. The molecule has 0 saturated heterocycles. The summed E-state index contributed by atoms with van der Waals surface area (Å²) < 4.78 is 5.36. The molecule has 0 saturated carbocycles. The smallest absolute Gasteiger partial charge is 0.339 e. The molecule has 3 N–H and O–H groups in total. The number of phenols is 1. The summed E-state index contributed by atoms with van der Waals surface area (Å²) in [6.07, 6.45) is 0.287. The maximum atomic E-state index is 11.8. The third kappa shape index (κ3) is 4.87. The lowest BCUT2D eigenvalue weighted by atomic mass is 9.93. The third-order valence-corrected chi connectivity index (χ3v) is 4.47. The number of hydrogen-bond donors (Lipinski definition) is 3. The lowest BCUT2D eigenvalue weighted by molar-refractivity contribution is -0.268. The van der Waals surface area contributed by atoms with Crippen molar-refractivity contribution in [2.24, 2.45) is 0 Å². The Morgan fingerprint density at radius 2 is 1.89 bits per heavy atom. The highest BCUT2D eigenvalue weighted by atomic mass is 17.1. The average molecular weight is 372 g/mol. The van der Waals surface area contributed by atoms with Gasteiger partial charge in [0.2, 0.25) is 0 Å². The predicted octanol–water partition coefficient (Wildman–Crippen LogP) is 3.86. The summed E-state index contributed by atoms with van der Waals surface area (Å²) in [5.41, 5.74) is 2.15. The highest BCUT2D eigenvalue weighted by Crippen LogP contribution is 2.37. The Bertz CT molecular complexity index is 813. The summed E-state index contributed by atoms with van der Waals surface area (Å²) in [4.78, 5) is 16.2. The van der Waals surface area contributed by atoms with Crippen LogP contribution >= 0.6 is 0 Å². The molecule has 2 aromatic rings. The first-order valence-electron chi connectivity index (χ1n) is 8.53. The van der Waals surface area contributed by atoms with Crippen molar-refractivity contribution in [2.45, 2.75) is 32.3 Å². The molecule has 0 aliphatic rings. The molecule has 0 heterocycles. The van der Waals surface area contributed by atoms with Gasteiger partial charge in [0, 0.05) is 12.0 Å². The second-order valence-corrected chi connectivity index (χ2v) is 6.38. The van der Waals surface area contributed by atoms with E-state index in [1.807, 2.05) is 30.3 Å². The summed E-state index contributed by atoms with van der Waals surface area (Å²) in [5, 5.41) is 29.3. The Labute approximate surface area is 158 Å². The molecule has 0 bridgehead atoms. The highest BCUT2D eigenvalue weighted by Gasteiger charge is 2.25. The van der Waals surface area contributed by atoms with Crippen LogP contribution in [-0.2, 0) is 24.2 Å². The van der Waals surface area contributed by atoms with Gasteiger partial charge in [-0.1, -0.05) is 36.9 Å². The molecule has 27 heavy (non-hydrogen) atoms. The Kier molecular flexibility index (Phi) is 6.98. The first-order valence-corrected chi connectivity index (χ1v) is 8.53. The van der Waals surface area contributed by atoms with Gasteiger partial charge in [-0.05, 0) is 42.5 Å². The maximum Gasteiger partial charge on any atom is 0.339 e. The van der Waals surface area contributed by atoms with Gasteiger partial charge in [0.25, 0.3) is 0 Å². The Morgan fingerprint density at radius 1 is 1.22 bits per heavy atom. The standard InChI is InChI=1S/C21H24O6/c1-13(2)17(27-25)12-16-18(26-3)11-15(19(20(16)22)21(23)24)10-9-14-7-5-4-6-8-14/h4-8,11,17,22,25H,1,9-10,12H2,2-3H3,(H,23,24). The van der Waals surface area contributed by atoms with Crippen molar-refractivity contribution in [1.82, 2.24) is 0 Å². The van der Waals surface area contributed by atoms with Gasteiger partial charge < -0.3 is 14.9 Å². The minimum absolute atomic E-state index is 0.0279. The maximum absolute atomic E-state index is 11.8.